The highest BCUT2D eigenvalue weighted by Gasteiger charge is 2.29. The second-order valence-electron chi connectivity index (χ2n) is 7.80. The van der Waals surface area contributed by atoms with E-state index in [-0.39, 0.29) is 12.0 Å². The second kappa shape index (κ2) is 9.39. The maximum atomic E-state index is 13.0. The largest absolute Gasteiger partial charge is 0.467 e. The molecule has 1 aliphatic rings. The number of nitrogens with zero attached hydrogens (tertiary/aromatic N) is 3. The van der Waals surface area contributed by atoms with E-state index in [9.17, 15) is 4.79 Å². The Hall–Kier alpha value is -2.12. The summed E-state index contributed by atoms with van der Waals surface area (Å²) in [6.45, 7) is 6.25. The molecule has 0 unspecified atom stereocenters. The van der Waals surface area contributed by atoms with E-state index in [0.29, 0.717) is 18.3 Å². The lowest BCUT2D eigenvalue weighted by Gasteiger charge is -2.25. The zero-order chi connectivity index (χ0) is 20.1. The Morgan fingerprint density at radius 1 is 1.50 bits per heavy atom. The molecule has 2 heterocycles. The fourth-order valence-electron chi connectivity index (χ4n) is 3.72. The smallest absolute Gasteiger partial charge is 0.274 e. The molecule has 1 atom stereocenters. The van der Waals surface area contributed by atoms with Crippen molar-refractivity contribution in [2.45, 2.75) is 58.2 Å². The molecule has 0 bridgehead atoms. The van der Waals surface area contributed by atoms with Gasteiger partial charge in [-0.2, -0.15) is 5.10 Å². The number of aromatic nitrogens is 2. The lowest BCUT2D eigenvalue weighted by Crippen LogP contribution is -2.36. The molecular formula is C21H32N4O3. The van der Waals surface area contributed by atoms with Crippen molar-refractivity contribution in [3.8, 4) is 0 Å². The van der Waals surface area contributed by atoms with Crippen molar-refractivity contribution in [3.05, 3.63) is 41.1 Å². The first-order valence-corrected chi connectivity index (χ1v) is 10.1. The summed E-state index contributed by atoms with van der Waals surface area (Å²) in [7, 11) is 3.72. The number of aryl methyl sites for hydroxylation is 1. The maximum Gasteiger partial charge on any atom is 0.274 e. The number of carbonyl (C=O) groups is 1. The summed E-state index contributed by atoms with van der Waals surface area (Å²) in [5, 5.41) is 8.17. The minimum Gasteiger partial charge on any atom is -0.467 e. The minimum absolute atomic E-state index is 0.0563. The molecule has 1 amide bonds. The molecule has 7 nitrogen and oxygen atoms in total. The van der Waals surface area contributed by atoms with Crippen LogP contribution in [0.3, 0.4) is 0 Å². The van der Waals surface area contributed by atoms with Crippen LogP contribution in [0, 0.1) is 0 Å². The monoisotopic (exact) mass is 388 g/mol. The molecular weight excluding hydrogens is 356 g/mol. The third-order valence-corrected chi connectivity index (χ3v) is 5.18. The lowest BCUT2D eigenvalue weighted by molar-refractivity contribution is 0.0766. The van der Waals surface area contributed by atoms with Gasteiger partial charge in [0, 0.05) is 38.0 Å². The summed E-state index contributed by atoms with van der Waals surface area (Å²) in [6, 6.07) is 4.08. The van der Waals surface area contributed by atoms with Crippen LogP contribution in [0.2, 0.25) is 0 Å². The SMILES string of the molecule is CC(C)OCCCN[C@H]1CCc2c(c(C(=O)N(C)Cc3ccco3)nn2C)C1. The van der Waals surface area contributed by atoms with Gasteiger partial charge in [-0.1, -0.05) is 0 Å². The number of amides is 1. The van der Waals surface area contributed by atoms with Crippen LogP contribution >= 0.6 is 0 Å². The Morgan fingerprint density at radius 3 is 3.04 bits per heavy atom. The van der Waals surface area contributed by atoms with E-state index in [1.807, 2.05) is 23.9 Å². The Balaban J connectivity index is 1.60. The van der Waals surface area contributed by atoms with E-state index < -0.39 is 0 Å². The highest BCUT2D eigenvalue weighted by molar-refractivity contribution is 5.94. The van der Waals surface area contributed by atoms with Gasteiger partial charge in [0.25, 0.3) is 5.91 Å². The standard InChI is InChI=1S/C21H32N4O3/c1-15(2)27-12-6-10-22-16-8-9-19-18(13-16)20(23-25(19)4)21(26)24(3)14-17-7-5-11-28-17/h5,7,11,15-16,22H,6,8-10,12-14H2,1-4H3/t16-/m0/s1. The molecule has 28 heavy (non-hydrogen) atoms. The summed E-state index contributed by atoms with van der Waals surface area (Å²) in [4.78, 5) is 14.7. The topological polar surface area (TPSA) is 72.5 Å². The van der Waals surface area contributed by atoms with Crippen molar-refractivity contribution < 1.29 is 13.9 Å². The summed E-state index contributed by atoms with van der Waals surface area (Å²) < 4.78 is 12.8. The molecule has 154 valence electrons. The van der Waals surface area contributed by atoms with Crippen LogP contribution in [0.5, 0.6) is 0 Å². The number of rotatable bonds is 9. The average molecular weight is 389 g/mol. The molecule has 0 radical (unpaired) electrons. The molecule has 2 aromatic rings. The first kappa shape index (κ1) is 20.6. The minimum atomic E-state index is -0.0563. The van der Waals surface area contributed by atoms with Crippen LogP contribution in [0.1, 0.15) is 54.2 Å². The quantitative estimate of drug-likeness (QED) is 0.669. The predicted molar refractivity (Wildman–Crippen MR) is 107 cm³/mol. The summed E-state index contributed by atoms with van der Waals surface area (Å²) in [5.41, 5.74) is 2.83. The zero-order valence-electron chi connectivity index (χ0n) is 17.4. The van der Waals surface area contributed by atoms with Crippen LogP contribution < -0.4 is 5.32 Å². The van der Waals surface area contributed by atoms with Gasteiger partial charge in [0.05, 0.1) is 18.9 Å². The molecule has 0 saturated heterocycles. The second-order valence-corrected chi connectivity index (χ2v) is 7.80. The average Bonchev–Trinajstić information content (AvgIpc) is 3.28. The van der Waals surface area contributed by atoms with Gasteiger partial charge < -0.3 is 19.4 Å². The molecule has 0 spiro atoms. The zero-order valence-corrected chi connectivity index (χ0v) is 17.4. The number of ether oxygens (including phenoxy) is 1. The van der Waals surface area contributed by atoms with E-state index in [4.69, 9.17) is 9.15 Å². The molecule has 0 aromatic carbocycles. The van der Waals surface area contributed by atoms with Crippen LogP contribution in [0.15, 0.2) is 22.8 Å². The first-order chi connectivity index (χ1) is 13.5. The molecule has 0 saturated carbocycles. The Labute approximate surface area is 167 Å². The number of nitrogens with one attached hydrogen (secondary N) is 1. The number of hydrogen-bond donors (Lipinski definition) is 1. The Bertz CT molecular complexity index is 767. The lowest BCUT2D eigenvalue weighted by atomic mass is 9.91. The van der Waals surface area contributed by atoms with Gasteiger partial charge in [0.2, 0.25) is 0 Å². The summed E-state index contributed by atoms with van der Waals surface area (Å²) in [5.74, 6) is 0.711. The van der Waals surface area contributed by atoms with Crippen LogP contribution in [-0.2, 0) is 31.2 Å². The molecule has 1 aliphatic carbocycles. The van der Waals surface area contributed by atoms with Crippen molar-refractivity contribution in [2.75, 3.05) is 20.2 Å². The molecule has 1 N–H and O–H groups in total. The Morgan fingerprint density at radius 2 is 2.32 bits per heavy atom. The summed E-state index contributed by atoms with van der Waals surface area (Å²) >= 11 is 0. The van der Waals surface area contributed by atoms with Gasteiger partial charge in [-0.25, -0.2) is 0 Å². The van der Waals surface area contributed by atoms with Crippen LogP contribution in [0.4, 0.5) is 0 Å². The van der Waals surface area contributed by atoms with E-state index in [1.54, 1.807) is 18.2 Å². The van der Waals surface area contributed by atoms with Crippen LogP contribution in [-0.4, -0.2) is 52.9 Å². The normalized spacial score (nSPS) is 16.4. The molecule has 3 rings (SSSR count). The number of fused-ring (bicyclic) bond motifs is 1. The number of furan rings is 1. The highest BCUT2D eigenvalue weighted by atomic mass is 16.5. The van der Waals surface area contributed by atoms with E-state index in [0.717, 1.165) is 50.2 Å². The van der Waals surface area contributed by atoms with Crippen molar-refractivity contribution in [3.63, 3.8) is 0 Å². The van der Waals surface area contributed by atoms with Gasteiger partial charge in [0.1, 0.15) is 5.76 Å². The van der Waals surface area contributed by atoms with Crippen molar-refractivity contribution in [2.24, 2.45) is 7.05 Å². The van der Waals surface area contributed by atoms with Crippen molar-refractivity contribution in [1.82, 2.24) is 20.0 Å². The maximum absolute atomic E-state index is 13.0. The van der Waals surface area contributed by atoms with Gasteiger partial charge >= 0.3 is 0 Å². The van der Waals surface area contributed by atoms with Gasteiger partial charge in [0.15, 0.2) is 5.69 Å². The van der Waals surface area contributed by atoms with Gasteiger partial charge in [-0.05, 0) is 58.2 Å². The van der Waals surface area contributed by atoms with Crippen molar-refractivity contribution >= 4 is 5.91 Å². The number of hydrogen-bond acceptors (Lipinski definition) is 5. The molecule has 2 aromatic heterocycles. The van der Waals surface area contributed by atoms with Gasteiger partial charge in [-0.3, -0.25) is 9.48 Å². The Kier molecular flexibility index (Phi) is 6.91. The molecule has 0 aliphatic heterocycles. The van der Waals surface area contributed by atoms with Crippen molar-refractivity contribution in [1.29, 1.82) is 0 Å². The van der Waals surface area contributed by atoms with Gasteiger partial charge in [-0.15, -0.1) is 0 Å². The predicted octanol–water partition coefficient (Wildman–Crippen LogP) is 2.55. The fourth-order valence-corrected chi connectivity index (χ4v) is 3.72. The van der Waals surface area contributed by atoms with Crippen LogP contribution in [0.25, 0.3) is 0 Å². The number of carbonyl (C=O) groups excluding carboxylic acids is 1. The third-order valence-electron chi connectivity index (χ3n) is 5.18. The highest BCUT2D eigenvalue weighted by Crippen LogP contribution is 2.25. The third kappa shape index (κ3) is 5.02. The first-order valence-electron chi connectivity index (χ1n) is 10.1. The molecule has 0 fully saturated rings. The fraction of sp³-hybridized carbons (Fsp3) is 0.619. The summed E-state index contributed by atoms with van der Waals surface area (Å²) in [6.07, 6.45) is 5.73. The molecule has 7 heteroatoms. The van der Waals surface area contributed by atoms with E-state index in [1.165, 1.54) is 5.69 Å². The van der Waals surface area contributed by atoms with E-state index in [2.05, 4.69) is 24.3 Å². The van der Waals surface area contributed by atoms with E-state index >= 15 is 0 Å².